The van der Waals surface area contributed by atoms with Crippen LogP contribution in [0.5, 0.6) is 11.5 Å². The molecule has 0 spiro atoms. The molecule has 2 aromatic rings. The van der Waals surface area contributed by atoms with Crippen molar-refractivity contribution in [1.29, 1.82) is 0 Å². The van der Waals surface area contributed by atoms with Gasteiger partial charge in [0, 0.05) is 17.1 Å². The number of amides is 1. The van der Waals surface area contributed by atoms with E-state index in [9.17, 15) is 14.7 Å². The van der Waals surface area contributed by atoms with Gasteiger partial charge in [-0.3, -0.25) is 9.59 Å². The maximum Gasteiger partial charge on any atom is 0.295 e. The maximum absolute atomic E-state index is 13.2. The molecule has 1 aliphatic heterocycles. The highest BCUT2D eigenvalue weighted by molar-refractivity contribution is 6.46. The molecule has 0 saturated carbocycles. The summed E-state index contributed by atoms with van der Waals surface area (Å²) >= 11 is 6.01. The number of likely N-dealkylation sites (tertiary alicyclic amines) is 1. The van der Waals surface area contributed by atoms with Crippen LogP contribution in [0.15, 0.2) is 48.0 Å². The largest absolute Gasteiger partial charge is 0.507 e. The van der Waals surface area contributed by atoms with E-state index in [1.165, 1.54) is 4.90 Å². The molecule has 1 fully saturated rings. The van der Waals surface area contributed by atoms with Crippen LogP contribution < -0.4 is 9.47 Å². The van der Waals surface area contributed by atoms with Crippen molar-refractivity contribution < 1.29 is 24.2 Å². The number of carbonyl (C=O) groups excluding carboxylic acids is 2. The Morgan fingerprint density at radius 1 is 1.03 bits per heavy atom. The normalized spacial score (nSPS) is 17.2. The zero-order valence-corrected chi connectivity index (χ0v) is 22.2. The summed E-state index contributed by atoms with van der Waals surface area (Å²) < 4.78 is 11.8. The first-order valence-corrected chi connectivity index (χ1v) is 12.7. The van der Waals surface area contributed by atoms with Crippen molar-refractivity contribution in [2.75, 3.05) is 40.4 Å². The molecule has 1 amide bonds. The van der Waals surface area contributed by atoms with Gasteiger partial charge in [-0.15, -0.1) is 0 Å². The predicted molar refractivity (Wildman–Crippen MR) is 142 cm³/mol. The molecule has 0 aliphatic carbocycles. The van der Waals surface area contributed by atoms with Crippen molar-refractivity contribution in [3.05, 3.63) is 64.2 Å². The molecule has 36 heavy (non-hydrogen) atoms. The number of ether oxygens (including phenoxy) is 2. The van der Waals surface area contributed by atoms with Gasteiger partial charge >= 0.3 is 0 Å². The quantitative estimate of drug-likeness (QED) is 0.179. The van der Waals surface area contributed by atoms with Gasteiger partial charge in [0.2, 0.25) is 0 Å². The second kappa shape index (κ2) is 12.8. The zero-order chi connectivity index (χ0) is 26.2. The molecule has 7 nitrogen and oxygen atoms in total. The van der Waals surface area contributed by atoms with Crippen LogP contribution in [0.3, 0.4) is 0 Å². The summed E-state index contributed by atoms with van der Waals surface area (Å²) in [4.78, 5) is 29.9. The molecule has 194 valence electrons. The summed E-state index contributed by atoms with van der Waals surface area (Å²) in [7, 11) is 3.91. The number of nitrogens with zero attached hydrogens (tertiary/aromatic N) is 2. The molecule has 0 radical (unpaired) electrons. The van der Waals surface area contributed by atoms with Crippen LogP contribution >= 0.6 is 11.6 Å². The van der Waals surface area contributed by atoms with Crippen molar-refractivity contribution in [2.45, 2.75) is 39.2 Å². The summed E-state index contributed by atoms with van der Waals surface area (Å²) in [5, 5.41) is 11.7. The highest BCUT2D eigenvalue weighted by atomic mass is 35.5. The first kappa shape index (κ1) is 27.6. The number of aliphatic hydroxyl groups excluding tert-OH is 1. The van der Waals surface area contributed by atoms with E-state index in [0.29, 0.717) is 53.8 Å². The van der Waals surface area contributed by atoms with Crippen molar-refractivity contribution in [3.8, 4) is 11.5 Å². The number of aliphatic hydroxyl groups is 1. The summed E-state index contributed by atoms with van der Waals surface area (Å²) in [6, 6.07) is 11.2. The molecule has 3 rings (SSSR count). The van der Waals surface area contributed by atoms with E-state index in [1.54, 1.807) is 36.4 Å². The predicted octanol–water partition coefficient (Wildman–Crippen LogP) is 5.29. The van der Waals surface area contributed by atoms with E-state index < -0.39 is 17.7 Å². The standard InChI is InChI=1S/C28H35ClN2O5/c1-5-7-17-36-22-14-11-20(18-23(22)35-6-2)25-24(26(32)19-9-12-21(29)13-10-19)27(33)28(34)31(25)16-8-15-30(3)4/h9-14,18,25,32H,5-8,15-17H2,1-4H3/b26-24+. The molecule has 1 aliphatic rings. The average Bonchev–Trinajstić information content (AvgIpc) is 3.10. The second-order valence-corrected chi connectivity index (χ2v) is 9.43. The number of halogens is 1. The van der Waals surface area contributed by atoms with Crippen LogP contribution in [0.1, 0.15) is 50.3 Å². The lowest BCUT2D eigenvalue weighted by Crippen LogP contribution is -2.32. The van der Waals surface area contributed by atoms with E-state index >= 15 is 0 Å². The van der Waals surface area contributed by atoms with E-state index in [1.807, 2.05) is 32.0 Å². The fourth-order valence-electron chi connectivity index (χ4n) is 4.19. The molecule has 1 heterocycles. The lowest BCUT2D eigenvalue weighted by molar-refractivity contribution is -0.139. The van der Waals surface area contributed by atoms with Gasteiger partial charge in [0.1, 0.15) is 5.76 Å². The van der Waals surface area contributed by atoms with Crippen LogP contribution in [-0.4, -0.2) is 67.0 Å². The molecular formula is C28H35ClN2O5. The van der Waals surface area contributed by atoms with Crippen LogP contribution in [0.4, 0.5) is 0 Å². The van der Waals surface area contributed by atoms with Gasteiger partial charge in [-0.05, 0) is 82.4 Å². The third kappa shape index (κ3) is 6.39. The molecule has 0 aromatic heterocycles. The second-order valence-electron chi connectivity index (χ2n) is 9.00. The molecule has 2 aromatic carbocycles. The van der Waals surface area contributed by atoms with Gasteiger partial charge in [-0.25, -0.2) is 0 Å². The third-order valence-corrected chi connectivity index (χ3v) is 6.25. The van der Waals surface area contributed by atoms with Gasteiger partial charge in [0.15, 0.2) is 11.5 Å². The monoisotopic (exact) mass is 514 g/mol. The minimum atomic E-state index is -0.758. The van der Waals surface area contributed by atoms with Crippen LogP contribution in [0.25, 0.3) is 5.76 Å². The Balaban J connectivity index is 2.09. The van der Waals surface area contributed by atoms with Gasteiger partial charge in [0.05, 0.1) is 24.8 Å². The molecule has 1 atom stereocenters. The van der Waals surface area contributed by atoms with Crippen molar-refractivity contribution >= 4 is 29.1 Å². The molecule has 0 bridgehead atoms. The van der Waals surface area contributed by atoms with Crippen molar-refractivity contribution in [3.63, 3.8) is 0 Å². The van der Waals surface area contributed by atoms with Gasteiger partial charge < -0.3 is 24.4 Å². The number of rotatable bonds is 12. The fraction of sp³-hybridized carbons (Fsp3) is 0.429. The summed E-state index contributed by atoms with van der Waals surface area (Å²) in [5.41, 5.74) is 1.13. The van der Waals surface area contributed by atoms with Gasteiger partial charge in [-0.2, -0.15) is 0 Å². The zero-order valence-electron chi connectivity index (χ0n) is 21.4. The number of carbonyl (C=O) groups is 2. The Kier molecular flexibility index (Phi) is 9.79. The number of benzene rings is 2. The number of hydrogen-bond acceptors (Lipinski definition) is 6. The third-order valence-electron chi connectivity index (χ3n) is 6.00. The van der Waals surface area contributed by atoms with E-state index in [0.717, 1.165) is 19.4 Å². The Morgan fingerprint density at radius 3 is 2.39 bits per heavy atom. The van der Waals surface area contributed by atoms with Crippen molar-refractivity contribution in [2.24, 2.45) is 0 Å². The fourth-order valence-corrected chi connectivity index (χ4v) is 4.31. The highest BCUT2D eigenvalue weighted by Gasteiger charge is 2.46. The van der Waals surface area contributed by atoms with Crippen molar-refractivity contribution in [1.82, 2.24) is 9.80 Å². The van der Waals surface area contributed by atoms with Crippen LogP contribution in [-0.2, 0) is 9.59 Å². The van der Waals surface area contributed by atoms with Crippen LogP contribution in [0, 0.1) is 0 Å². The number of Topliss-reactive ketones (excluding diaryl/α,β-unsaturated/α-hetero) is 1. The summed E-state index contributed by atoms with van der Waals surface area (Å²) in [6.45, 7) is 6.09. The minimum Gasteiger partial charge on any atom is -0.507 e. The Morgan fingerprint density at radius 2 is 1.75 bits per heavy atom. The highest BCUT2D eigenvalue weighted by Crippen LogP contribution is 2.42. The first-order valence-electron chi connectivity index (χ1n) is 12.4. The van der Waals surface area contributed by atoms with Gasteiger partial charge in [-0.1, -0.05) is 31.0 Å². The molecule has 8 heteroatoms. The smallest absolute Gasteiger partial charge is 0.295 e. The summed E-state index contributed by atoms with van der Waals surface area (Å²) in [6.07, 6.45) is 2.60. The van der Waals surface area contributed by atoms with Gasteiger partial charge in [0.25, 0.3) is 11.7 Å². The van der Waals surface area contributed by atoms with E-state index in [4.69, 9.17) is 21.1 Å². The number of ketones is 1. The molecule has 1 N–H and O–H groups in total. The topological polar surface area (TPSA) is 79.3 Å². The minimum absolute atomic E-state index is 0.0503. The lowest BCUT2D eigenvalue weighted by Gasteiger charge is -2.26. The molecule has 1 unspecified atom stereocenters. The Bertz CT molecular complexity index is 1100. The first-order chi connectivity index (χ1) is 17.3. The number of unbranched alkanes of at least 4 members (excludes halogenated alkanes) is 1. The van der Waals surface area contributed by atoms with E-state index in [2.05, 4.69) is 6.92 Å². The number of hydrogen-bond donors (Lipinski definition) is 1. The summed E-state index contributed by atoms with van der Waals surface area (Å²) in [5.74, 6) is -0.423. The van der Waals surface area contributed by atoms with E-state index in [-0.39, 0.29) is 11.3 Å². The SMILES string of the molecule is CCCCOc1ccc(C2/C(=C(\O)c3ccc(Cl)cc3)C(=O)C(=O)N2CCCN(C)C)cc1OCC. The lowest BCUT2D eigenvalue weighted by atomic mass is 9.95. The molecule has 1 saturated heterocycles. The Hall–Kier alpha value is -3.03. The Labute approximate surface area is 218 Å². The molecular weight excluding hydrogens is 480 g/mol. The maximum atomic E-state index is 13.2. The van der Waals surface area contributed by atoms with Crippen LogP contribution in [0.2, 0.25) is 5.02 Å². The average molecular weight is 515 g/mol.